The molecule has 0 fully saturated rings. The summed E-state index contributed by atoms with van der Waals surface area (Å²) >= 11 is 0. The molecule has 1 N–H and O–H groups in total. The molecule has 1 atom stereocenters. The number of carboxylic acid groups (broad SMARTS) is 1. The maximum atomic E-state index is 12.1. The van der Waals surface area contributed by atoms with Gasteiger partial charge in [0.05, 0.1) is 11.1 Å². The second-order valence-corrected chi connectivity index (χ2v) is 4.80. The second-order valence-electron chi connectivity index (χ2n) is 4.80. The summed E-state index contributed by atoms with van der Waals surface area (Å²) in [5.41, 5.74) is 0.817. The predicted molar refractivity (Wildman–Crippen MR) is 71.5 cm³/mol. The van der Waals surface area contributed by atoms with Crippen molar-refractivity contribution >= 4 is 17.8 Å². The number of carbonyl (C=O) groups excluding carboxylic acids is 2. The lowest BCUT2D eigenvalue weighted by molar-refractivity contribution is -0.142. The molecule has 1 heterocycles. The first-order valence-corrected chi connectivity index (χ1v) is 6.31. The molecule has 6 heteroatoms. The fourth-order valence-corrected chi connectivity index (χ4v) is 2.08. The summed E-state index contributed by atoms with van der Waals surface area (Å²) in [6, 6.07) is 6.02. The number of hydrogen-bond donors (Lipinski definition) is 1. The smallest absolute Gasteiger partial charge is 0.320 e. The summed E-state index contributed by atoms with van der Waals surface area (Å²) in [6.07, 6.45) is 0. The minimum atomic E-state index is -0.935. The average Bonchev–Trinajstić information content (AvgIpc) is 2.68. The lowest BCUT2D eigenvalue weighted by Gasteiger charge is -2.23. The van der Waals surface area contributed by atoms with Crippen molar-refractivity contribution in [3.63, 3.8) is 0 Å². The molecule has 0 saturated heterocycles. The Balaban J connectivity index is 2.04. The van der Waals surface area contributed by atoms with Gasteiger partial charge in [0.25, 0.3) is 11.8 Å². The number of carbonyl (C=O) groups is 3. The van der Waals surface area contributed by atoms with Gasteiger partial charge in [0, 0.05) is 13.1 Å². The van der Waals surface area contributed by atoms with Crippen LogP contribution >= 0.6 is 0 Å². The molecule has 1 aromatic carbocycles. The largest absolute Gasteiger partial charge is 0.480 e. The SMILES string of the molecule is CC(C(=O)O)N(C)CCN1C(=O)c2ccccc2C1=O. The Morgan fingerprint density at radius 1 is 1.25 bits per heavy atom. The van der Waals surface area contributed by atoms with Gasteiger partial charge >= 0.3 is 5.97 Å². The Morgan fingerprint density at radius 2 is 1.75 bits per heavy atom. The molecule has 0 spiro atoms. The van der Waals surface area contributed by atoms with Gasteiger partial charge in [-0.05, 0) is 26.1 Å². The quantitative estimate of drug-likeness (QED) is 0.800. The van der Waals surface area contributed by atoms with Crippen LogP contribution in [0.1, 0.15) is 27.6 Å². The maximum Gasteiger partial charge on any atom is 0.320 e. The van der Waals surface area contributed by atoms with Crippen LogP contribution in [0.2, 0.25) is 0 Å². The summed E-state index contributed by atoms with van der Waals surface area (Å²) in [5.74, 6) is -1.57. The fourth-order valence-electron chi connectivity index (χ4n) is 2.08. The Hall–Kier alpha value is -2.21. The minimum Gasteiger partial charge on any atom is -0.480 e. The van der Waals surface area contributed by atoms with Gasteiger partial charge < -0.3 is 5.11 Å². The van der Waals surface area contributed by atoms with Crippen LogP contribution in [-0.2, 0) is 4.79 Å². The molecule has 1 aliphatic rings. The topological polar surface area (TPSA) is 77.9 Å². The number of fused-ring (bicyclic) bond motifs is 1. The Morgan fingerprint density at radius 3 is 2.20 bits per heavy atom. The van der Waals surface area contributed by atoms with Crippen molar-refractivity contribution in [2.24, 2.45) is 0 Å². The molecule has 0 radical (unpaired) electrons. The molecule has 6 nitrogen and oxygen atoms in total. The van der Waals surface area contributed by atoms with Gasteiger partial charge in [-0.1, -0.05) is 12.1 Å². The molecular weight excluding hydrogens is 260 g/mol. The van der Waals surface area contributed by atoms with Crippen LogP contribution in [0.3, 0.4) is 0 Å². The highest BCUT2D eigenvalue weighted by Crippen LogP contribution is 2.22. The normalized spacial score (nSPS) is 15.7. The third-order valence-corrected chi connectivity index (χ3v) is 3.57. The van der Waals surface area contributed by atoms with Gasteiger partial charge in [-0.3, -0.25) is 24.2 Å². The fraction of sp³-hybridized carbons (Fsp3) is 0.357. The number of nitrogens with zero attached hydrogens (tertiary/aromatic N) is 2. The second kappa shape index (κ2) is 5.42. The van der Waals surface area contributed by atoms with Crippen molar-refractivity contribution in [2.75, 3.05) is 20.1 Å². The van der Waals surface area contributed by atoms with Crippen molar-refractivity contribution < 1.29 is 19.5 Å². The first-order chi connectivity index (χ1) is 9.43. The molecule has 0 saturated carbocycles. The van der Waals surface area contributed by atoms with Crippen LogP contribution in [0, 0.1) is 0 Å². The van der Waals surface area contributed by atoms with Gasteiger partial charge in [0.15, 0.2) is 0 Å². The number of carboxylic acids is 1. The Labute approximate surface area is 116 Å². The predicted octanol–water partition coefficient (Wildman–Crippen LogP) is 0.688. The first kappa shape index (κ1) is 14.2. The van der Waals surface area contributed by atoms with Crippen LogP contribution in [0.4, 0.5) is 0 Å². The van der Waals surface area contributed by atoms with Gasteiger partial charge in [-0.2, -0.15) is 0 Å². The molecule has 1 aliphatic heterocycles. The number of benzene rings is 1. The van der Waals surface area contributed by atoms with Crippen LogP contribution < -0.4 is 0 Å². The molecule has 1 unspecified atom stereocenters. The highest BCUT2D eigenvalue weighted by atomic mass is 16.4. The van der Waals surface area contributed by atoms with Crippen LogP contribution in [0.15, 0.2) is 24.3 Å². The lowest BCUT2D eigenvalue weighted by atomic mass is 10.1. The molecule has 0 bridgehead atoms. The van der Waals surface area contributed by atoms with E-state index in [0.29, 0.717) is 17.7 Å². The summed E-state index contributed by atoms with van der Waals surface area (Å²) in [6.45, 7) is 2.06. The monoisotopic (exact) mass is 276 g/mol. The summed E-state index contributed by atoms with van der Waals surface area (Å²) in [4.78, 5) is 37.8. The van der Waals surface area contributed by atoms with Gasteiger partial charge in [0.1, 0.15) is 6.04 Å². The van der Waals surface area contributed by atoms with E-state index in [4.69, 9.17) is 5.11 Å². The van der Waals surface area contributed by atoms with E-state index in [1.54, 1.807) is 43.1 Å². The van der Waals surface area contributed by atoms with Crippen molar-refractivity contribution in [3.8, 4) is 0 Å². The number of rotatable bonds is 5. The molecular formula is C14H16N2O4. The number of imide groups is 1. The molecule has 2 rings (SSSR count). The zero-order valence-electron chi connectivity index (χ0n) is 11.4. The highest BCUT2D eigenvalue weighted by Gasteiger charge is 2.35. The summed E-state index contributed by atoms with van der Waals surface area (Å²) in [7, 11) is 1.65. The van der Waals surface area contributed by atoms with Crippen LogP contribution in [0.5, 0.6) is 0 Å². The first-order valence-electron chi connectivity index (χ1n) is 6.31. The Kier molecular flexibility index (Phi) is 3.85. The van der Waals surface area contributed by atoms with E-state index in [2.05, 4.69) is 0 Å². The standard InChI is InChI=1S/C14H16N2O4/c1-9(14(19)20)15(2)7-8-16-12(17)10-5-3-4-6-11(10)13(16)18/h3-6,9H,7-8H2,1-2H3,(H,19,20). The van der Waals surface area contributed by atoms with Gasteiger partial charge in [0.2, 0.25) is 0 Å². The van der Waals surface area contributed by atoms with Gasteiger partial charge in [-0.15, -0.1) is 0 Å². The highest BCUT2D eigenvalue weighted by molar-refractivity contribution is 6.21. The van der Waals surface area contributed by atoms with E-state index >= 15 is 0 Å². The van der Waals surface area contributed by atoms with E-state index in [-0.39, 0.29) is 18.4 Å². The zero-order chi connectivity index (χ0) is 14.9. The van der Waals surface area contributed by atoms with E-state index in [1.807, 2.05) is 0 Å². The summed E-state index contributed by atoms with van der Waals surface area (Å²) in [5, 5.41) is 8.90. The number of aliphatic carboxylic acids is 1. The van der Waals surface area contributed by atoms with Crippen molar-refractivity contribution in [3.05, 3.63) is 35.4 Å². The third-order valence-electron chi connectivity index (χ3n) is 3.57. The lowest BCUT2D eigenvalue weighted by Crippen LogP contribution is -2.42. The molecule has 106 valence electrons. The molecule has 20 heavy (non-hydrogen) atoms. The van der Waals surface area contributed by atoms with Crippen molar-refractivity contribution in [1.82, 2.24) is 9.80 Å². The maximum absolute atomic E-state index is 12.1. The molecule has 0 aliphatic carbocycles. The van der Waals surface area contributed by atoms with Gasteiger partial charge in [-0.25, -0.2) is 0 Å². The number of amides is 2. The minimum absolute atomic E-state index is 0.181. The van der Waals surface area contributed by atoms with E-state index < -0.39 is 12.0 Å². The van der Waals surface area contributed by atoms with E-state index in [1.165, 1.54) is 0 Å². The Bertz CT molecular complexity index is 535. The van der Waals surface area contributed by atoms with Crippen molar-refractivity contribution in [2.45, 2.75) is 13.0 Å². The number of hydrogen-bond acceptors (Lipinski definition) is 4. The van der Waals surface area contributed by atoms with Crippen LogP contribution in [0.25, 0.3) is 0 Å². The molecule has 2 amide bonds. The van der Waals surface area contributed by atoms with E-state index in [9.17, 15) is 14.4 Å². The number of likely N-dealkylation sites (N-methyl/N-ethyl adjacent to an activating group) is 1. The average molecular weight is 276 g/mol. The summed E-state index contributed by atoms with van der Waals surface area (Å²) < 4.78 is 0. The molecule has 0 aromatic heterocycles. The molecule has 1 aromatic rings. The zero-order valence-corrected chi connectivity index (χ0v) is 11.4. The van der Waals surface area contributed by atoms with Crippen LogP contribution in [-0.4, -0.2) is 58.9 Å². The van der Waals surface area contributed by atoms with E-state index in [0.717, 1.165) is 4.90 Å². The van der Waals surface area contributed by atoms with Crippen molar-refractivity contribution in [1.29, 1.82) is 0 Å². The third kappa shape index (κ3) is 2.42.